The van der Waals surface area contributed by atoms with Crippen molar-refractivity contribution in [3.05, 3.63) is 35.9 Å². The van der Waals surface area contributed by atoms with Crippen molar-refractivity contribution in [2.75, 3.05) is 32.8 Å². The number of carbonyl (C=O) groups excluding carboxylic acids is 1. The molecule has 0 spiro atoms. The number of likely N-dealkylation sites (tertiary alicyclic amines) is 1. The van der Waals surface area contributed by atoms with Gasteiger partial charge in [0.2, 0.25) is 5.91 Å². The molecule has 0 aliphatic carbocycles. The van der Waals surface area contributed by atoms with Gasteiger partial charge in [0.05, 0.1) is 6.04 Å². The van der Waals surface area contributed by atoms with E-state index in [0.717, 1.165) is 13.1 Å². The highest BCUT2D eigenvalue weighted by atomic mass is 16.5. The second kappa shape index (κ2) is 9.59. The van der Waals surface area contributed by atoms with Crippen molar-refractivity contribution in [3.8, 4) is 0 Å². The maximum Gasteiger partial charge on any atom is 0.246 e. The molecule has 0 aromatic heterocycles. The third kappa shape index (κ3) is 5.43. The zero-order valence-electron chi connectivity index (χ0n) is 13.6. The number of amides is 1. The Morgan fingerprint density at radius 3 is 2.50 bits per heavy atom. The molecular formula is C18H28N2O2. The van der Waals surface area contributed by atoms with Crippen LogP contribution in [0.3, 0.4) is 0 Å². The van der Waals surface area contributed by atoms with Crippen LogP contribution in [0, 0.1) is 0 Å². The van der Waals surface area contributed by atoms with Crippen molar-refractivity contribution in [3.63, 3.8) is 0 Å². The summed E-state index contributed by atoms with van der Waals surface area (Å²) in [5.41, 5.74) is 1.28. The fourth-order valence-corrected chi connectivity index (χ4v) is 3.00. The lowest BCUT2D eigenvalue weighted by Gasteiger charge is -2.31. The number of hydrogen-bond acceptors (Lipinski definition) is 3. The van der Waals surface area contributed by atoms with Crippen LogP contribution >= 0.6 is 0 Å². The molecule has 4 nitrogen and oxygen atoms in total. The van der Waals surface area contributed by atoms with E-state index in [9.17, 15) is 4.79 Å². The van der Waals surface area contributed by atoms with Crippen molar-refractivity contribution in [1.29, 1.82) is 0 Å². The van der Waals surface area contributed by atoms with Gasteiger partial charge in [0.15, 0.2) is 0 Å². The average molecular weight is 304 g/mol. The lowest BCUT2D eigenvalue weighted by molar-refractivity contribution is -0.125. The molecule has 4 heteroatoms. The van der Waals surface area contributed by atoms with Crippen LogP contribution < -0.4 is 5.32 Å². The molecule has 22 heavy (non-hydrogen) atoms. The Morgan fingerprint density at radius 1 is 1.18 bits per heavy atom. The first-order chi connectivity index (χ1) is 10.8. The molecule has 1 amide bonds. The topological polar surface area (TPSA) is 41.6 Å². The van der Waals surface area contributed by atoms with E-state index in [-0.39, 0.29) is 18.6 Å². The summed E-state index contributed by atoms with van der Waals surface area (Å²) in [5, 5.41) is 3.03. The van der Waals surface area contributed by atoms with Gasteiger partial charge in [-0.25, -0.2) is 0 Å². The molecule has 1 unspecified atom stereocenters. The van der Waals surface area contributed by atoms with Crippen LogP contribution in [0.1, 0.15) is 44.2 Å². The van der Waals surface area contributed by atoms with Gasteiger partial charge in [0.1, 0.15) is 6.61 Å². The largest absolute Gasteiger partial charge is 0.372 e. The predicted octanol–water partition coefficient (Wildman–Crippen LogP) is 2.76. The summed E-state index contributed by atoms with van der Waals surface area (Å²) in [5.74, 6) is -0.0300. The van der Waals surface area contributed by atoms with Crippen LogP contribution in [0.25, 0.3) is 0 Å². The minimum atomic E-state index is -0.0300. The van der Waals surface area contributed by atoms with Gasteiger partial charge in [-0.15, -0.1) is 0 Å². The SMILES string of the molecule is CCOCC(=O)NCC(c1ccccc1)N1CCCCCC1. The van der Waals surface area contributed by atoms with Gasteiger partial charge in [-0.1, -0.05) is 43.2 Å². The molecule has 2 rings (SSSR count). The second-order valence-electron chi connectivity index (χ2n) is 5.82. The first-order valence-corrected chi connectivity index (χ1v) is 8.44. The zero-order valence-corrected chi connectivity index (χ0v) is 13.6. The molecule has 1 heterocycles. The predicted molar refractivity (Wildman–Crippen MR) is 88.7 cm³/mol. The fourth-order valence-electron chi connectivity index (χ4n) is 3.00. The summed E-state index contributed by atoms with van der Waals surface area (Å²) in [7, 11) is 0. The second-order valence-corrected chi connectivity index (χ2v) is 5.82. The number of nitrogens with one attached hydrogen (secondary N) is 1. The van der Waals surface area contributed by atoms with Gasteiger partial charge in [-0.2, -0.15) is 0 Å². The Bertz CT molecular complexity index is 428. The third-order valence-electron chi connectivity index (χ3n) is 4.20. The van der Waals surface area contributed by atoms with Crippen LogP contribution in [0.5, 0.6) is 0 Å². The molecule has 1 fully saturated rings. The Hall–Kier alpha value is -1.39. The molecule has 1 aromatic carbocycles. The standard InChI is InChI=1S/C18H28N2O2/c1-2-22-15-18(21)19-14-17(16-10-6-5-7-11-16)20-12-8-3-4-9-13-20/h5-7,10-11,17H,2-4,8-9,12-15H2,1H3,(H,19,21). The molecule has 1 aliphatic rings. The lowest BCUT2D eigenvalue weighted by atomic mass is 10.0. The first kappa shape index (κ1) is 17.0. The van der Waals surface area contributed by atoms with Crippen molar-refractivity contribution in [1.82, 2.24) is 10.2 Å². The van der Waals surface area contributed by atoms with E-state index in [2.05, 4.69) is 34.5 Å². The maximum absolute atomic E-state index is 11.8. The number of hydrogen-bond donors (Lipinski definition) is 1. The van der Waals surface area contributed by atoms with Crippen LogP contribution in [-0.4, -0.2) is 43.7 Å². The van der Waals surface area contributed by atoms with Crippen LogP contribution in [0.15, 0.2) is 30.3 Å². The maximum atomic E-state index is 11.8. The van der Waals surface area contributed by atoms with Gasteiger partial charge >= 0.3 is 0 Å². The van der Waals surface area contributed by atoms with E-state index in [0.29, 0.717) is 13.2 Å². The van der Waals surface area contributed by atoms with Gasteiger partial charge in [-0.3, -0.25) is 9.69 Å². The smallest absolute Gasteiger partial charge is 0.246 e. The van der Waals surface area contributed by atoms with Gasteiger partial charge < -0.3 is 10.1 Å². The van der Waals surface area contributed by atoms with Crippen molar-refractivity contribution in [2.45, 2.75) is 38.6 Å². The van der Waals surface area contributed by atoms with E-state index >= 15 is 0 Å². The van der Waals surface area contributed by atoms with E-state index < -0.39 is 0 Å². The number of rotatable bonds is 7. The molecule has 0 bridgehead atoms. The quantitative estimate of drug-likeness (QED) is 0.842. The van der Waals surface area contributed by atoms with Crippen molar-refractivity contribution < 1.29 is 9.53 Å². The highest BCUT2D eigenvalue weighted by Crippen LogP contribution is 2.23. The van der Waals surface area contributed by atoms with Gasteiger partial charge in [0, 0.05) is 13.2 Å². The highest BCUT2D eigenvalue weighted by molar-refractivity contribution is 5.77. The van der Waals surface area contributed by atoms with E-state index in [4.69, 9.17) is 4.74 Å². The van der Waals surface area contributed by atoms with E-state index in [1.807, 2.05) is 13.0 Å². The van der Waals surface area contributed by atoms with E-state index in [1.54, 1.807) is 0 Å². The summed E-state index contributed by atoms with van der Waals surface area (Å²) >= 11 is 0. The molecule has 1 saturated heterocycles. The molecule has 122 valence electrons. The minimum Gasteiger partial charge on any atom is -0.372 e. The van der Waals surface area contributed by atoms with Crippen LogP contribution in [-0.2, 0) is 9.53 Å². The monoisotopic (exact) mass is 304 g/mol. The number of carbonyl (C=O) groups is 1. The molecule has 0 saturated carbocycles. The Balaban J connectivity index is 2.00. The van der Waals surface area contributed by atoms with Crippen molar-refractivity contribution in [2.24, 2.45) is 0 Å². The van der Waals surface area contributed by atoms with Crippen LogP contribution in [0.2, 0.25) is 0 Å². The molecule has 1 aromatic rings. The average Bonchev–Trinajstić information content (AvgIpc) is 2.83. The summed E-state index contributed by atoms with van der Waals surface area (Å²) in [4.78, 5) is 14.4. The van der Waals surface area contributed by atoms with Crippen molar-refractivity contribution >= 4 is 5.91 Å². The van der Waals surface area contributed by atoms with Gasteiger partial charge in [0.25, 0.3) is 0 Å². The fraction of sp³-hybridized carbons (Fsp3) is 0.611. The lowest BCUT2D eigenvalue weighted by Crippen LogP contribution is -2.39. The highest BCUT2D eigenvalue weighted by Gasteiger charge is 2.21. The first-order valence-electron chi connectivity index (χ1n) is 8.44. The Kier molecular flexibility index (Phi) is 7.40. The van der Waals surface area contributed by atoms with Gasteiger partial charge in [-0.05, 0) is 38.4 Å². The molecule has 1 N–H and O–H groups in total. The minimum absolute atomic E-state index is 0.0300. The number of nitrogens with zero attached hydrogens (tertiary/aromatic N) is 1. The summed E-state index contributed by atoms with van der Waals surface area (Å²) in [6, 6.07) is 10.8. The number of benzene rings is 1. The summed E-state index contributed by atoms with van der Waals surface area (Å²) in [6.07, 6.45) is 5.12. The molecule has 1 aliphatic heterocycles. The molecule has 1 atom stereocenters. The van der Waals surface area contributed by atoms with E-state index in [1.165, 1.54) is 31.2 Å². The normalized spacial score (nSPS) is 17.7. The Morgan fingerprint density at radius 2 is 1.86 bits per heavy atom. The summed E-state index contributed by atoms with van der Waals surface area (Å²) in [6.45, 7) is 5.49. The molecule has 0 radical (unpaired) electrons. The molecular weight excluding hydrogens is 276 g/mol. The third-order valence-corrected chi connectivity index (χ3v) is 4.20. The van der Waals surface area contributed by atoms with Crippen LogP contribution in [0.4, 0.5) is 0 Å². The number of ether oxygens (including phenoxy) is 1. The Labute approximate surface area is 133 Å². The zero-order chi connectivity index (χ0) is 15.6. The summed E-state index contributed by atoms with van der Waals surface area (Å²) < 4.78 is 5.17.